The minimum absolute atomic E-state index is 0.0271. The summed E-state index contributed by atoms with van der Waals surface area (Å²) in [7, 11) is -6.09. The van der Waals surface area contributed by atoms with E-state index >= 15 is 0 Å². The molecule has 0 aliphatic carbocycles. The number of alkyl halides is 4. The van der Waals surface area contributed by atoms with Gasteiger partial charge in [0.1, 0.15) is 29.8 Å². The Morgan fingerprint density at radius 3 is 2.63 bits per heavy atom. The molecule has 1 saturated heterocycles. The number of likely N-dealkylation sites (N-methyl/N-ethyl adjacent to an activating group) is 1. The molecule has 2 atom stereocenters. The lowest BCUT2D eigenvalue weighted by atomic mass is 10.2. The molecule has 1 fully saturated rings. The molecule has 0 saturated carbocycles. The number of hydrogen-bond acceptors (Lipinski definition) is 7. The van der Waals surface area contributed by atoms with Crippen molar-refractivity contribution in [2.75, 3.05) is 19.8 Å². The standard InChI is InChI=1S/C15H18ClF3N4O6S/c1-3-22-13(25)10(7-29-22)23(30(26,27)15(17,18)19)14(2,16)8-28-12-9(11(20)24)5-4-6-21-12/h4-6,10H,3,7-8H2,1-2H3,(H2,20,24)/t10-,14+/m0/s1. The van der Waals surface area contributed by atoms with Crippen LogP contribution in [-0.2, 0) is 19.7 Å². The zero-order valence-corrected chi connectivity index (χ0v) is 17.3. The van der Waals surface area contributed by atoms with Crippen LogP contribution in [0.15, 0.2) is 18.3 Å². The number of rotatable bonds is 8. The van der Waals surface area contributed by atoms with Crippen LogP contribution in [-0.4, -0.2) is 70.9 Å². The Labute approximate surface area is 174 Å². The first-order valence-corrected chi connectivity index (χ1v) is 10.2. The SMILES string of the molecule is CCN1OC[C@H](N([C@@](C)(Cl)COc2ncccc2C(N)=O)S(=O)(=O)C(F)(F)F)C1=O. The third-order valence-electron chi connectivity index (χ3n) is 4.01. The fraction of sp³-hybridized carbons (Fsp3) is 0.533. The molecule has 0 aromatic carbocycles. The van der Waals surface area contributed by atoms with Gasteiger partial charge < -0.3 is 10.5 Å². The average molecular weight is 475 g/mol. The molecule has 15 heteroatoms. The van der Waals surface area contributed by atoms with Gasteiger partial charge in [-0.2, -0.15) is 17.5 Å². The van der Waals surface area contributed by atoms with Crippen LogP contribution in [0.4, 0.5) is 13.2 Å². The molecule has 1 aromatic heterocycles. The third kappa shape index (κ3) is 4.61. The van der Waals surface area contributed by atoms with Crippen molar-refractivity contribution in [1.29, 1.82) is 0 Å². The van der Waals surface area contributed by atoms with Crippen molar-refractivity contribution in [2.45, 2.75) is 30.4 Å². The van der Waals surface area contributed by atoms with Gasteiger partial charge in [-0.1, -0.05) is 11.6 Å². The van der Waals surface area contributed by atoms with Gasteiger partial charge >= 0.3 is 15.5 Å². The molecule has 1 aliphatic rings. The molecule has 0 radical (unpaired) electrons. The summed E-state index contributed by atoms with van der Waals surface area (Å²) < 4.78 is 69.5. The van der Waals surface area contributed by atoms with Crippen molar-refractivity contribution >= 4 is 33.4 Å². The number of primary amides is 1. The van der Waals surface area contributed by atoms with Crippen molar-refractivity contribution in [3.05, 3.63) is 23.9 Å². The van der Waals surface area contributed by atoms with E-state index in [4.69, 9.17) is 26.9 Å². The van der Waals surface area contributed by atoms with E-state index in [1.165, 1.54) is 25.3 Å². The Kier molecular flexibility index (Phi) is 6.85. The number of hydroxylamine groups is 2. The van der Waals surface area contributed by atoms with E-state index < -0.39 is 51.6 Å². The molecule has 2 amide bonds. The Morgan fingerprint density at radius 1 is 1.50 bits per heavy atom. The van der Waals surface area contributed by atoms with E-state index in [1.807, 2.05) is 0 Å². The smallest absolute Gasteiger partial charge is 0.474 e. The van der Waals surface area contributed by atoms with Crippen molar-refractivity contribution in [3.8, 4) is 5.88 Å². The number of nitrogens with zero attached hydrogens (tertiary/aromatic N) is 3. The third-order valence-corrected chi connectivity index (χ3v) is 6.16. The van der Waals surface area contributed by atoms with Gasteiger partial charge in [-0.05, 0) is 26.0 Å². The van der Waals surface area contributed by atoms with Gasteiger partial charge in [0.2, 0.25) is 5.88 Å². The molecular weight excluding hydrogens is 457 g/mol. The van der Waals surface area contributed by atoms with Crippen LogP contribution < -0.4 is 10.5 Å². The highest BCUT2D eigenvalue weighted by Gasteiger charge is 2.60. The Balaban J connectivity index is 2.43. The van der Waals surface area contributed by atoms with Gasteiger partial charge in [-0.15, -0.1) is 0 Å². The van der Waals surface area contributed by atoms with Crippen molar-refractivity contribution < 1.29 is 40.8 Å². The summed E-state index contributed by atoms with van der Waals surface area (Å²) in [5.74, 6) is -2.33. The van der Waals surface area contributed by atoms with Crippen molar-refractivity contribution in [2.24, 2.45) is 5.73 Å². The maximum absolute atomic E-state index is 13.3. The van der Waals surface area contributed by atoms with Crippen LogP contribution in [0.1, 0.15) is 24.2 Å². The summed E-state index contributed by atoms with van der Waals surface area (Å²) in [6, 6.07) is 0.719. The number of sulfonamides is 1. The zero-order chi connectivity index (χ0) is 22.9. The first kappa shape index (κ1) is 24.1. The fourth-order valence-corrected chi connectivity index (χ4v) is 4.40. The summed E-state index contributed by atoms with van der Waals surface area (Å²) in [4.78, 5) is 30.1. The Bertz CT molecular complexity index is 927. The summed E-state index contributed by atoms with van der Waals surface area (Å²) in [6.45, 7) is 0.781. The normalized spacial score (nSPS) is 19.8. The molecule has 0 bridgehead atoms. The number of pyridine rings is 1. The number of amides is 2. The topological polar surface area (TPSA) is 132 Å². The van der Waals surface area contributed by atoms with Crippen LogP contribution in [0, 0.1) is 0 Å². The lowest BCUT2D eigenvalue weighted by molar-refractivity contribution is -0.160. The van der Waals surface area contributed by atoms with Crippen LogP contribution in [0.3, 0.4) is 0 Å². The maximum atomic E-state index is 13.3. The highest BCUT2D eigenvalue weighted by molar-refractivity contribution is 7.90. The fourth-order valence-electron chi connectivity index (χ4n) is 2.69. The van der Waals surface area contributed by atoms with Gasteiger partial charge in [0.25, 0.3) is 11.8 Å². The zero-order valence-electron chi connectivity index (χ0n) is 15.7. The van der Waals surface area contributed by atoms with Gasteiger partial charge in [0, 0.05) is 12.7 Å². The number of carbonyl (C=O) groups is 2. The molecule has 2 rings (SSSR count). The number of aromatic nitrogens is 1. The quantitative estimate of drug-likeness (QED) is 0.436. The second kappa shape index (κ2) is 8.53. The molecule has 2 heterocycles. The minimum atomic E-state index is -6.09. The van der Waals surface area contributed by atoms with Crippen LogP contribution >= 0.6 is 11.6 Å². The minimum Gasteiger partial charge on any atom is -0.474 e. The largest absolute Gasteiger partial charge is 0.511 e. The first-order chi connectivity index (χ1) is 13.7. The van der Waals surface area contributed by atoms with Crippen LogP contribution in [0.25, 0.3) is 0 Å². The second-order valence-electron chi connectivity index (χ2n) is 6.24. The number of hydrogen-bond donors (Lipinski definition) is 1. The molecule has 30 heavy (non-hydrogen) atoms. The predicted octanol–water partition coefficient (Wildman–Crippen LogP) is 0.828. The molecular formula is C15H18ClF3N4O6S. The summed E-state index contributed by atoms with van der Waals surface area (Å²) in [5.41, 5.74) is -0.784. The molecule has 168 valence electrons. The molecule has 0 unspecified atom stereocenters. The van der Waals surface area contributed by atoms with Gasteiger partial charge in [0.15, 0.2) is 0 Å². The van der Waals surface area contributed by atoms with Crippen LogP contribution in [0.2, 0.25) is 0 Å². The van der Waals surface area contributed by atoms with E-state index in [1.54, 1.807) is 0 Å². The number of ether oxygens (including phenoxy) is 1. The van der Waals surface area contributed by atoms with Gasteiger partial charge in [-0.25, -0.2) is 18.5 Å². The van der Waals surface area contributed by atoms with Gasteiger partial charge in [0.05, 0.1) is 0 Å². The summed E-state index contributed by atoms with van der Waals surface area (Å²) in [6.07, 6.45) is 1.21. The lowest BCUT2D eigenvalue weighted by Gasteiger charge is -2.37. The van der Waals surface area contributed by atoms with Gasteiger partial charge in [-0.3, -0.25) is 14.4 Å². The number of carbonyl (C=O) groups excluding carboxylic acids is 2. The summed E-state index contributed by atoms with van der Waals surface area (Å²) in [5, 5.41) is 0.724. The lowest BCUT2D eigenvalue weighted by Crippen LogP contribution is -2.60. The monoisotopic (exact) mass is 474 g/mol. The molecule has 0 spiro atoms. The van der Waals surface area contributed by atoms with E-state index in [-0.39, 0.29) is 22.3 Å². The van der Waals surface area contributed by atoms with Crippen molar-refractivity contribution in [1.82, 2.24) is 14.4 Å². The molecule has 2 N–H and O–H groups in total. The Morgan fingerprint density at radius 2 is 2.13 bits per heavy atom. The van der Waals surface area contributed by atoms with E-state index in [0.29, 0.717) is 0 Å². The maximum Gasteiger partial charge on any atom is 0.511 e. The van der Waals surface area contributed by atoms with E-state index in [2.05, 4.69) is 4.98 Å². The highest BCUT2D eigenvalue weighted by Crippen LogP contribution is 2.38. The highest BCUT2D eigenvalue weighted by atomic mass is 35.5. The van der Waals surface area contributed by atoms with E-state index in [0.717, 1.165) is 12.0 Å². The molecule has 1 aromatic rings. The summed E-state index contributed by atoms with van der Waals surface area (Å²) >= 11 is 6.16. The van der Waals surface area contributed by atoms with E-state index in [9.17, 15) is 31.2 Å². The predicted molar refractivity (Wildman–Crippen MR) is 96.4 cm³/mol. The van der Waals surface area contributed by atoms with Crippen molar-refractivity contribution in [3.63, 3.8) is 0 Å². The second-order valence-corrected chi connectivity index (χ2v) is 8.86. The molecule has 10 nitrogen and oxygen atoms in total. The average Bonchev–Trinajstić information content (AvgIpc) is 2.99. The molecule has 1 aliphatic heterocycles. The number of halogens is 4. The first-order valence-electron chi connectivity index (χ1n) is 8.35. The Hall–Kier alpha value is -2.16. The van der Waals surface area contributed by atoms with Crippen LogP contribution in [0.5, 0.6) is 5.88 Å². The number of nitrogens with two attached hydrogens (primary N) is 1.